The molecule has 0 radical (unpaired) electrons. The van der Waals surface area contributed by atoms with Crippen molar-refractivity contribution >= 4 is 15.9 Å². The minimum Gasteiger partial charge on any atom is -0.496 e. The van der Waals surface area contributed by atoms with Crippen molar-refractivity contribution < 1.29 is 4.74 Å². The van der Waals surface area contributed by atoms with Gasteiger partial charge in [-0.05, 0) is 32.4 Å². The molecule has 0 bridgehead atoms. The number of benzene rings is 1. The SMILES string of the molecule is COc1ccc(C)c(Br)c1C(C)(C)N. The van der Waals surface area contributed by atoms with Gasteiger partial charge < -0.3 is 10.5 Å². The number of ether oxygens (including phenoxy) is 1. The molecule has 78 valence electrons. The summed E-state index contributed by atoms with van der Waals surface area (Å²) in [5.41, 5.74) is 7.87. The van der Waals surface area contributed by atoms with Gasteiger partial charge in [0.15, 0.2) is 0 Å². The minimum absolute atomic E-state index is 0.407. The molecule has 2 nitrogen and oxygen atoms in total. The van der Waals surface area contributed by atoms with E-state index in [-0.39, 0.29) is 0 Å². The zero-order chi connectivity index (χ0) is 10.9. The molecule has 0 saturated heterocycles. The number of rotatable bonds is 2. The van der Waals surface area contributed by atoms with Gasteiger partial charge in [-0.1, -0.05) is 22.0 Å². The Kier molecular flexibility index (Phi) is 3.22. The fourth-order valence-corrected chi connectivity index (χ4v) is 2.27. The molecule has 0 heterocycles. The molecule has 0 fully saturated rings. The van der Waals surface area contributed by atoms with Crippen LogP contribution in [0.25, 0.3) is 0 Å². The monoisotopic (exact) mass is 257 g/mol. The predicted octanol–water partition coefficient (Wildman–Crippen LogP) is 2.96. The Hall–Kier alpha value is -0.540. The molecule has 0 aliphatic rings. The average Bonchev–Trinajstić information content (AvgIpc) is 2.07. The van der Waals surface area contributed by atoms with Gasteiger partial charge in [-0.3, -0.25) is 0 Å². The highest BCUT2D eigenvalue weighted by molar-refractivity contribution is 9.10. The third-order valence-corrected chi connectivity index (χ3v) is 3.18. The van der Waals surface area contributed by atoms with Crippen LogP contribution in [-0.4, -0.2) is 7.11 Å². The van der Waals surface area contributed by atoms with Gasteiger partial charge in [-0.15, -0.1) is 0 Å². The average molecular weight is 258 g/mol. The van der Waals surface area contributed by atoms with E-state index in [1.54, 1.807) is 7.11 Å². The smallest absolute Gasteiger partial charge is 0.125 e. The number of nitrogens with two attached hydrogens (primary N) is 1. The normalized spacial score (nSPS) is 11.6. The molecule has 0 aliphatic carbocycles. The largest absolute Gasteiger partial charge is 0.496 e. The third kappa shape index (κ3) is 2.10. The lowest BCUT2D eigenvalue weighted by Gasteiger charge is -2.24. The third-order valence-electron chi connectivity index (χ3n) is 2.16. The Bertz CT molecular complexity index is 342. The highest BCUT2D eigenvalue weighted by Crippen LogP contribution is 2.36. The van der Waals surface area contributed by atoms with E-state index in [0.717, 1.165) is 15.8 Å². The Labute approximate surface area is 93.6 Å². The van der Waals surface area contributed by atoms with Crippen molar-refractivity contribution in [2.45, 2.75) is 26.3 Å². The summed E-state index contributed by atoms with van der Waals surface area (Å²) in [6.45, 7) is 5.98. The molecule has 14 heavy (non-hydrogen) atoms. The van der Waals surface area contributed by atoms with Crippen LogP contribution in [0.5, 0.6) is 5.75 Å². The van der Waals surface area contributed by atoms with Crippen molar-refractivity contribution in [1.29, 1.82) is 0 Å². The Morgan fingerprint density at radius 1 is 1.36 bits per heavy atom. The second kappa shape index (κ2) is 3.91. The van der Waals surface area contributed by atoms with Gasteiger partial charge in [0.1, 0.15) is 5.75 Å². The van der Waals surface area contributed by atoms with Gasteiger partial charge in [0.2, 0.25) is 0 Å². The number of hydrogen-bond acceptors (Lipinski definition) is 2. The van der Waals surface area contributed by atoms with E-state index in [1.165, 1.54) is 5.56 Å². The van der Waals surface area contributed by atoms with Gasteiger partial charge in [0.05, 0.1) is 7.11 Å². The second-order valence-electron chi connectivity index (χ2n) is 4.00. The van der Waals surface area contributed by atoms with Crippen LogP contribution in [-0.2, 0) is 5.54 Å². The first-order chi connectivity index (χ1) is 6.38. The standard InChI is InChI=1S/C11H16BrNO/c1-7-5-6-8(14-4)9(10(7)12)11(2,3)13/h5-6H,13H2,1-4H3. The lowest BCUT2D eigenvalue weighted by Crippen LogP contribution is -2.30. The van der Waals surface area contributed by atoms with Crippen LogP contribution < -0.4 is 10.5 Å². The van der Waals surface area contributed by atoms with Gasteiger partial charge in [-0.2, -0.15) is 0 Å². The summed E-state index contributed by atoms with van der Waals surface area (Å²) in [7, 11) is 1.66. The van der Waals surface area contributed by atoms with Crippen LogP contribution in [0, 0.1) is 6.92 Å². The summed E-state index contributed by atoms with van der Waals surface area (Å²) in [6, 6.07) is 3.96. The van der Waals surface area contributed by atoms with Gasteiger partial charge in [0.25, 0.3) is 0 Å². The first-order valence-corrected chi connectivity index (χ1v) is 5.29. The first kappa shape index (κ1) is 11.5. The quantitative estimate of drug-likeness (QED) is 0.885. The predicted molar refractivity (Wildman–Crippen MR) is 62.6 cm³/mol. The minimum atomic E-state index is -0.407. The summed E-state index contributed by atoms with van der Waals surface area (Å²) in [5, 5.41) is 0. The molecule has 0 unspecified atom stereocenters. The van der Waals surface area contributed by atoms with Crippen LogP contribution >= 0.6 is 15.9 Å². The molecule has 0 atom stereocenters. The van der Waals surface area contributed by atoms with E-state index >= 15 is 0 Å². The van der Waals surface area contributed by atoms with Crippen molar-refractivity contribution in [3.8, 4) is 5.75 Å². The molecule has 1 aromatic carbocycles. The maximum Gasteiger partial charge on any atom is 0.125 e. The van der Waals surface area contributed by atoms with E-state index in [9.17, 15) is 0 Å². The van der Waals surface area contributed by atoms with Gasteiger partial charge in [0, 0.05) is 15.6 Å². The molecular weight excluding hydrogens is 242 g/mol. The maximum atomic E-state index is 6.09. The van der Waals surface area contributed by atoms with Crippen LogP contribution in [0.4, 0.5) is 0 Å². The Morgan fingerprint density at radius 2 is 1.93 bits per heavy atom. The zero-order valence-electron chi connectivity index (χ0n) is 9.02. The van der Waals surface area contributed by atoms with Gasteiger partial charge in [-0.25, -0.2) is 0 Å². The van der Waals surface area contributed by atoms with Crippen LogP contribution in [0.15, 0.2) is 16.6 Å². The lowest BCUT2D eigenvalue weighted by atomic mass is 9.93. The highest BCUT2D eigenvalue weighted by atomic mass is 79.9. The van der Waals surface area contributed by atoms with E-state index < -0.39 is 5.54 Å². The van der Waals surface area contributed by atoms with Crippen molar-refractivity contribution in [3.63, 3.8) is 0 Å². The van der Waals surface area contributed by atoms with Crippen molar-refractivity contribution in [1.82, 2.24) is 0 Å². The molecule has 0 spiro atoms. The topological polar surface area (TPSA) is 35.2 Å². The number of methoxy groups -OCH3 is 1. The molecule has 1 aromatic rings. The summed E-state index contributed by atoms with van der Waals surface area (Å²) >= 11 is 3.55. The molecule has 1 rings (SSSR count). The first-order valence-electron chi connectivity index (χ1n) is 4.50. The summed E-state index contributed by atoms with van der Waals surface area (Å²) in [5.74, 6) is 0.829. The molecule has 0 amide bonds. The summed E-state index contributed by atoms with van der Waals surface area (Å²) < 4.78 is 6.33. The fourth-order valence-electron chi connectivity index (χ4n) is 1.43. The van der Waals surface area contributed by atoms with Crippen molar-refractivity contribution in [2.75, 3.05) is 7.11 Å². The summed E-state index contributed by atoms with van der Waals surface area (Å²) in [6.07, 6.45) is 0. The zero-order valence-corrected chi connectivity index (χ0v) is 10.6. The summed E-state index contributed by atoms with van der Waals surface area (Å²) in [4.78, 5) is 0. The molecular formula is C11H16BrNO. The van der Waals surface area contributed by atoms with E-state index in [1.807, 2.05) is 32.9 Å². The number of halogens is 1. The Morgan fingerprint density at radius 3 is 2.36 bits per heavy atom. The van der Waals surface area contributed by atoms with Crippen LogP contribution in [0.3, 0.4) is 0 Å². The molecule has 0 aromatic heterocycles. The number of aryl methyl sites for hydroxylation is 1. The van der Waals surface area contributed by atoms with E-state index in [2.05, 4.69) is 15.9 Å². The number of hydrogen-bond donors (Lipinski definition) is 1. The van der Waals surface area contributed by atoms with E-state index in [4.69, 9.17) is 10.5 Å². The van der Waals surface area contributed by atoms with Crippen molar-refractivity contribution in [3.05, 3.63) is 27.7 Å². The molecule has 2 N–H and O–H groups in total. The van der Waals surface area contributed by atoms with Gasteiger partial charge >= 0.3 is 0 Å². The molecule has 0 aliphatic heterocycles. The highest BCUT2D eigenvalue weighted by Gasteiger charge is 2.23. The maximum absolute atomic E-state index is 6.09. The molecule has 0 saturated carbocycles. The van der Waals surface area contributed by atoms with Crippen LogP contribution in [0.2, 0.25) is 0 Å². The van der Waals surface area contributed by atoms with E-state index in [0.29, 0.717) is 0 Å². The second-order valence-corrected chi connectivity index (χ2v) is 4.79. The fraction of sp³-hybridized carbons (Fsp3) is 0.455. The van der Waals surface area contributed by atoms with Crippen molar-refractivity contribution in [2.24, 2.45) is 5.73 Å². The molecule has 3 heteroatoms. The Balaban J connectivity index is 3.44. The van der Waals surface area contributed by atoms with Crippen LogP contribution in [0.1, 0.15) is 25.0 Å². The lowest BCUT2D eigenvalue weighted by molar-refractivity contribution is 0.393.